The van der Waals surface area contributed by atoms with Crippen molar-refractivity contribution in [2.45, 2.75) is 19.6 Å². The van der Waals surface area contributed by atoms with Crippen LogP contribution < -0.4 is 5.32 Å². The molecule has 114 valence electrons. The maximum absolute atomic E-state index is 11.9. The maximum Gasteiger partial charge on any atom is 0.234 e. The van der Waals surface area contributed by atoms with Crippen molar-refractivity contribution >= 4 is 29.1 Å². The first-order valence-electron chi connectivity index (χ1n) is 7.09. The number of carbonyl (C=O) groups excluding carboxylic acids is 2. The summed E-state index contributed by atoms with van der Waals surface area (Å²) in [5, 5.41) is 2.84. The highest BCUT2D eigenvalue weighted by Gasteiger charge is 2.05. The molecular weight excluding hydrogens is 294 g/mol. The third-order valence-corrected chi connectivity index (χ3v) is 4.31. The normalized spacial score (nSPS) is 10.3. The molecule has 0 spiro atoms. The van der Waals surface area contributed by atoms with Gasteiger partial charge in [0, 0.05) is 17.0 Å². The molecule has 0 heterocycles. The monoisotopic (exact) mass is 313 g/mol. The van der Waals surface area contributed by atoms with Crippen LogP contribution in [0.5, 0.6) is 0 Å². The van der Waals surface area contributed by atoms with Gasteiger partial charge in [0.2, 0.25) is 5.91 Å². The Morgan fingerprint density at radius 3 is 2.36 bits per heavy atom. The number of thioether (sulfide) groups is 1. The number of amides is 1. The molecule has 22 heavy (non-hydrogen) atoms. The highest BCUT2D eigenvalue weighted by molar-refractivity contribution is 7.99. The topological polar surface area (TPSA) is 46.2 Å². The molecule has 0 aromatic heterocycles. The fourth-order valence-electron chi connectivity index (χ4n) is 2.01. The minimum Gasteiger partial charge on any atom is -0.325 e. The fraction of sp³-hybridized carbons (Fsp3) is 0.222. The summed E-state index contributed by atoms with van der Waals surface area (Å²) in [6.07, 6.45) is 0. The van der Waals surface area contributed by atoms with Crippen molar-refractivity contribution in [2.24, 2.45) is 0 Å². The Morgan fingerprint density at radius 1 is 1.05 bits per heavy atom. The van der Waals surface area contributed by atoms with Crippen molar-refractivity contribution in [1.82, 2.24) is 0 Å². The summed E-state index contributed by atoms with van der Waals surface area (Å²) in [6.45, 7) is 3.60. The Morgan fingerprint density at radius 2 is 1.73 bits per heavy atom. The van der Waals surface area contributed by atoms with Gasteiger partial charge in [0.05, 0.1) is 5.75 Å². The number of benzene rings is 2. The van der Waals surface area contributed by atoms with Crippen molar-refractivity contribution in [2.75, 3.05) is 11.1 Å². The number of rotatable bonds is 6. The Labute approximate surface area is 135 Å². The summed E-state index contributed by atoms with van der Waals surface area (Å²) in [6, 6.07) is 15.1. The number of ketones is 1. The van der Waals surface area contributed by atoms with Gasteiger partial charge >= 0.3 is 0 Å². The van der Waals surface area contributed by atoms with E-state index >= 15 is 0 Å². The molecule has 0 saturated heterocycles. The quantitative estimate of drug-likeness (QED) is 0.818. The molecule has 1 amide bonds. The van der Waals surface area contributed by atoms with Gasteiger partial charge in [0.25, 0.3) is 0 Å². The zero-order valence-corrected chi connectivity index (χ0v) is 13.6. The third-order valence-electron chi connectivity index (χ3n) is 3.33. The van der Waals surface area contributed by atoms with Gasteiger partial charge in [-0.25, -0.2) is 0 Å². The Balaban J connectivity index is 1.80. The van der Waals surface area contributed by atoms with E-state index in [4.69, 9.17) is 0 Å². The van der Waals surface area contributed by atoms with Crippen molar-refractivity contribution in [3.05, 3.63) is 65.2 Å². The third kappa shape index (κ3) is 4.74. The number of carbonyl (C=O) groups is 2. The van der Waals surface area contributed by atoms with Crippen molar-refractivity contribution in [3.63, 3.8) is 0 Å². The molecule has 0 aliphatic rings. The second-order valence-corrected chi connectivity index (χ2v) is 6.09. The van der Waals surface area contributed by atoms with Crippen LogP contribution in [-0.4, -0.2) is 17.4 Å². The molecule has 1 N–H and O–H groups in total. The van der Waals surface area contributed by atoms with E-state index in [-0.39, 0.29) is 11.7 Å². The van der Waals surface area contributed by atoms with E-state index < -0.39 is 0 Å². The fourth-order valence-corrected chi connectivity index (χ4v) is 2.91. The second-order valence-electron chi connectivity index (χ2n) is 5.10. The number of hydrogen-bond donors (Lipinski definition) is 1. The molecule has 0 aliphatic carbocycles. The summed E-state index contributed by atoms with van der Waals surface area (Å²) in [5.74, 6) is 1.22. The highest BCUT2D eigenvalue weighted by atomic mass is 32.2. The van der Waals surface area contributed by atoms with Gasteiger partial charge in [-0.05, 0) is 49.2 Å². The average molecular weight is 313 g/mol. The number of nitrogens with one attached hydrogen (secondary N) is 1. The minimum atomic E-state index is -0.0332. The van der Waals surface area contributed by atoms with E-state index in [0.717, 1.165) is 5.75 Å². The molecule has 4 heteroatoms. The zero-order valence-electron chi connectivity index (χ0n) is 12.8. The Bertz CT molecular complexity index is 665. The Kier molecular flexibility index (Phi) is 5.78. The summed E-state index contributed by atoms with van der Waals surface area (Å²) >= 11 is 1.59. The lowest BCUT2D eigenvalue weighted by Gasteiger charge is -2.07. The van der Waals surface area contributed by atoms with Crippen LogP contribution in [0.15, 0.2) is 48.5 Å². The van der Waals surface area contributed by atoms with E-state index in [2.05, 4.69) is 24.4 Å². The molecule has 0 atom stereocenters. The number of aryl methyl sites for hydroxylation is 1. The van der Waals surface area contributed by atoms with Crippen LogP contribution in [0.3, 0.4) is 0 Å². The SMILES string of the molecule is CC(=O)c1ccc(NC(=O)CSCc2ccccc2C)cc1. The van der Waals surface area contributed by atoms with Crippen LogP contribution in [0.25, 0.3) is 0 Å². The van der Waals surface area contributed by atoms with Crippen LogP contribution >= 0.6 is 11.8 Å². The first-order valence-corrected chi connectivity index (χ1v) is 8.25. The summed E-state index contributed by atoms with van der Waals surface area (Å²) in [7, 11) is 0. The standard InChI is InChI=1S/C18H19NO2S/c1-13-5-3-4-6-16(13)11-22-12-18(21)19-17-9-7-15(8-10-17)14(2)20/h3-10H,11-12H2,1-2H3,(H,19,21). The smallest absolute Gasteiger partial charge is 0.234 e. The predicted octanol–water partition coefficient (Wildman–Crippen LogP) is 4.07. The van der Waals surface area contributed by atoms with Crippen LogP contribution in [0, 0.1) is 6.92 Å². The van der Waals surface area contributed by atoms with Crippen LogP contribution in [0.4, 0.5) is 5.69 Å². The summed E-state index contributed by atoms with van der Waals surface area (Å²) < 4.78 is 0. The van der Waals surface area contributed by atoms with Gasteiger partial charge < -0.3 is 5.32 Å². The lowest BCUT2D eigenvalue weighted by molar-refractivity contribution is -0.113. The molecule has 0 unspecified atom stereocenters. The predicted molar refractivity (Wildman–Crippen MR) is 92.4 cm³/mol. The largest absolute Gasteiger partial charge is 0.325 e. The molecule has 0 aliphatic heterocycles. The Hall–Kier alpha value is -2.07. The van der Waals surface area contributed by atoms with E-state index in [0.29, 0.717) is 17.0 Å². The van der Waals surface area contributed by atoms with E-state index in [9.17, 15) is 9.59 Å². The van der Waals surface area contributed by atoms with Gasteiger partial charge in [-0.2, -0.15) is 0 Å². The average Bonchev–Trinajstić information content (AvgIpc) is 2.50. The van der Waals surface area contributed by atoms with Crippen molar-refractivity contribution in [1.29, 1.82) is 0 Å². The summed E-state index contributed by atoms with van der Waals surface area (Å²) in [5.41, 5.74) is 3.86. The van der Waals surface area contributed by atoms with E-state index in [1.807, 2.05) is 12.1 Å². The van der Waals surface area contributed by atoms with Crippen LogP contribution in [0.1, 0.15) is 28.4 Å². The molecule has 0 fully saturated rings. The number of hydrogen-bond acceptors (Lipinski definition) is 3. The molecule has 2 aromatic rings. The highest BCUT2D eigenvalue weighted by Crippen LogP contribution is 2.16. The van der Waals surface area contributed by atoms with Crippen molar-refractivity contribution < 1.29 is 9.59 Å². The number of anilines is 1. The molecule has 2 rings (SSSR count). The van der Waals surface area contributed by atoms with E-state index in [1.54, 1.807) is 36.0 Å². The van der Waals surface area contributed by atoms with Crippen LogP contribution in [-0.2, 0) is 10.5 Å². The van der Waals surface area contributed by atoms with Gasteiger partial charge in [-0.15, -0.1) is 11.8 Å². The van der Waals surface area contributed by atoms with Gasteiger partial charge in [-0.1, -0.05) is 24.3 Å². The molecule has 0 saturated carbocycles. The second kappa shape index (κ2) is 7.80. The molecular formula is C18H19NO2S. The number of Topliss-reactive ketones (excluding diaryl/α,β-unsaturated/α-hetero) is 1. The lowest BCUT2D eigenvalue weighted by atomic mass is 10.1. The first kappa shape index (κ1) is 16.3. The van der Waals surface area contributed by atoms with Crippen LogP contribution in [0.2, 0.25) is 0 Å². The minimum absolute atomic E-state index is 0.0201. The maximum atomic E-state index is 11.9. The lowest BCUT2D eigenvalue weighted by Crippen LogP contribution is -2.14. The molecule has 2 aromatic carbocycles. The molecule has 0 bridgehead atoms. The van der Waals surface area contributed by atoms with Gasteiger partial charge in [-0.3, -0.25) is 9.59 Å². The van der Waals surface area contributed by atoms with Crippen molar-refractivity contribution in [3.8, 4) is 0 Å². The molecule has 0 radical (unpaired) electrons. The zero-order chi connectivity index (χ0) is 15.9. The summed E-state index contributed by atoms with van der Waals surface area (Å²) in [4.78, 5) is 23.1. The van der Waals surface area contributed by atoms with Gasteiger partial charge in [0.15, 0.2) is 5.78 Å². The van der Waals surface area contributed by atoms with Gasteiger partial charge in [0.1, 0.15) is 0 Å². The van der Waals surface area contributed by atoms with E-state index in [1.165, 1.54) is 18.1 Å². The molecule has 3 nitrogen and oxygen atoms in total. The first-order chi connectivity index (χ1) is 10.6.